The van der Waals surface area contributed by atoms with Gasteiger partial charge in [0.05, 0.1) is 12.1 Å². The minimum absolute atomic E-state index is 0.0986. The van der Waals surface area contributed by atoms with Crippen LogP contribution in [0.3, 0.4) is 0 Å². The lowest BCUT2D eigenvalue weighted by Gasteiger charge is -2.45. The molecule has 0 bridgehead atoms. The third kappa shape index (κ3) is 5.25. The van der Waals surface area contributed by atoms with Crippen LogP contribution in [0.15, 0.2) is 57.7 Å². The Balaban J connectivity index is 1.47. The van der Waals surface area contributed by atoms with E-state index in [1.165, 1.54) is 4.57 Å². The summed E-state index contributed by atoms with van der Waals surface area (Å²) in [6.07, 6.45) is 0.616. The van der Waals surface area contributed by atoms with Crippen molar-refractivity contribution in [3.8, 4) is 5.75 Å². The fraction of sp³-hybridized carbons (Fsp3) is 0.440. The van der Waals surface area contributed by atoms with Crippen molar-refractivity contribution in [2.75, 3.05) is 13.1 Å². The Morgan fingerprint density at radius 3 is 2.76 bits per heavy atom. The maximum Gasteiger partial charge on any atom is 0.419 e. The van der Waals surface area contributed by atoms with Crippen LogP contribution in [-0.4, -0.2) is 45.3 Å². The molecule has 1 aliphatic rings. The second kappa shape index (κ2) is 9.61. The van der Waals surface area contributed by atoms with E-state index >= 15 is 0 Å². The Bertz CT molecular complexity index is 1170. The topological polar surface area (TPSA) is 84.9 Å². The van der Waals surface area contributed by atoms with E-state index in [1.54, 1.807) is 23.1 Å². The monoisotopic (exact) mass is 472 g/mol. The number of oxazole rings is 1. The summed E-state index contributed by atoms with van der Waals surface area (Å²) in [5.74, 6) is 0.330. The zero-order valence-electron chi connectivity index (χ0n) is 18.9. The quantitative estimate of drug-likeness (QED) is 0.559. The number of hydrogen-bond donors (Lipinski definition) is 1. The normalized spacial score (nSPS) is 21.0. The minimum atomic E-state index is -1.02. The van der Waals surface area contributed by atoms with Crippen molar-refractivity contribution < 1.29 is 19.1 Å². The molecule has 33 heavy (non-hydrogen) atoms. The van der Waals surface area contributed by atoms with Gasteiger partial charge in [0.25, 0.3) is 0 Å². The predicted molar refractivity (Wildman–Crippen MR) is 127 cm³/mol. The average molecular weight is 473 g/mol. The smallest absolute Gasteiger partial charge is 0.419 e. The molecule has 0 saturated carbocycles. The fourth-order valence-electron chi connectivity index (χ4n) is 4.55. The lowest BCUT2D eigenvalue weighted by atomic mass is 9.81. The summed E-state index contributed by atoms with van der Waals surface area (Å²) in [7, 11) is 0. The van der Waals surface area contributed by atoms with Crippen molar-refractivity contribution >= 4 is 28.6 Å². The van der Waals surface area contributed by atoms with Gasteiger partial charge in [0.2, 0.25) is 5.91 Å². The number of carbonyl (C=O) groups excluding carboxylic acids is 1. The Hall–Kier alpha value is -2.77. The summed E-state index contributed by atoms with van der Waals surface area (Å²) in [6, 6.07) is 14.3. The van der Waals surface area contributed by atoms with E-state index in [1.807, 2.05) is 30.3 Å². The highest BCUT2D eigenvalue weighted by Gasteiger charge is 2.44. The molecule has 0 radical (unpaired) electrons. The van der Waals surface area contributed by atoms with Gasteiger partial charge in [-0.15, -0.1) is 0 Å². The molecule has 1 amide bonds. The predicted octanol–water partition coefficient (Wildman–Crippen LogP) is 4.10. The first-order valence-electron chi connectivity index (χ1n) is 11.3. The number of benzene rings is 2. The van der Waals surface area contributed by atoms with E-state index in [4.69, 9.17) is 20.8 Å². The molecule has 0 spiro atoms. The number of hydrogen-bond acceptors (Lipinski definition) is 5. The van der Waals surface area contributed by atoms with Gasteiger partial charge in [-0.05, 0) is 43.0 Å². The van der Waals surface area contributed by atoms with E-state index in [2.05, 4.69) is 13.8 Å². The van der Waals surface area contributed by atoms with Crippen molar-refractivity contribution in [1.82, 2.24) is 9.47 Å². The molecule has 0 aliphatic carbocycles. The van der Waals surface area contributed by atoms with E-state index in [9.17, 15) is 14.7 Å². The fourth-order valence-corrected chi connectivity index (χ4v) is 4.71. The number of amides is 1. The summed E-state index contributed by atoms with van der Waals surface area (Å²) in [5.41, 5.74) is -0.0157. The van der Waals surface area contributed by atoms with Crippen molar-refractivity contribution in [2.45, 2.75) is 51.4 Å². The lowest BCUT2D eigenvalue weighted by molar-refractivity contribution is -0.148. The molecule has 176 valence electrons. The van der Waals surface area contributed by atoms with Crippen LogP contribution in [0, 0.1) is 5.92 Å². The van der Waals surface area contributed by atoms with Crippen LogP contribution in [0.25, 0.3) is 11.1 Å². The Morgan fingerprint density at radius 1 is 1.27 bits per heavy atom. The Morgan fingerprint density at radius 2 is 2.03 bits per heavy atom. The number of likely N-dealkylation sites (tertiary alicyclic amines) is 1. The van der Waals surface area contributed by atoms with Gasteiger partial charge >= 0.3 is 5.76 Å². The maximum atomic E-state index is 13.0. The number of piperidine rings is 1. The maximum absolute atomic E-state index is 13.0. The average Bonchev–Trinajstić information content (AvgIpc) is 3.07. The first-order chi connectivity index (χ1) is 15.7. The second-order valence-electron chi connectivity index (χ2n) is 9.09. The molecule has 2 heterocycles. The molecule has 1 fully saturated rings. The Kier molecular flexibility index (Phi) is 6.81. The van der Waals surface area contributed by atoms with Crippen LogP contribution in [0.5, 0.6) is 5.75 Å². The van der Waals surface area contributed by atoms with Gasteiger partial charge in [-0.25, -0.2) is 4.79 Å². The molecule has 2 atom stereocenters. The van der Waals surface area contributed by atoms with Crippen molar-refractivity contribution in [3.05, 3.63) is 64.1 Å². The van der Waals surface area contributed by atoms with E-state index in [0.717, 1.165) is 0 Å². The van der Waals surface area contributed by atoms with Gasteiger partial charge in [-0.3, -0.25) is 9.36 Å². The highest BCUT2D eigenvalue weighted by Crippen LogP contribution is 2.32. The molecule has 2 aromatic carbocycles. The van der Waals surface area contributed by atoms with Crippen LogP contribution in [-0.2, 0) is 11.3 Å². The van der Waals surface area contributed by atoms with Crippen molar-refractivity contribution in [2.24, 2.45) is 5.92 Å². The third-order valence-corrected chi connectivity index (χ3v) is 6.35. The number of carbonyl (C=O) groups is 1. The molecular weight excluding hydrogens is 444 g/mol. The van der Waals surface area contributed by atoms with Crippen LogP contribution >= 0.6 is 11.6 Å². The SMILES string of the molecule is CC(C)C[C@]1(O)CCN(C(=O)CCn2c(=O)oc3cc(Cl)ccc32)C[C@@H]1Oc1ccccc1. The largest absolute Gasteiger partial charge is 0.486 e. The zero-order valence-corrected chi connectivity index (χ0v) is 19.6. The summed E-state index contributed by atoms with van der Waals surface area (Å²) in [4.78, 5) is 27.0. The van der Waals surface area contributed by atoms with Crippen LogP contribution in [0.4, 0.5) is 0 Å². The van der Waals surface area contributed by atoms with Crippen LogP contribution < -0.4 is 10.5 Å². The second-order valence-corrected chi connectivity index (χ2v) is 9.53. The molecular formula is C25H29ClN2O5. The molecule has 1 aromatic heterocycles. The number of aryl methyl sites for hydroxylation is 1. The molecule has 1 saturated heterocycles. The Labute approximate surface area is 197 Å². The molecule has 1 N–H and O–H groups in total. The summed E-state index contributed by atoms with van der Waals surface area (Å²) in [5, 5.41) is 11.9. The zero-order chi connectivity index (χ0) is 23.6. The first-order valence-corrected chi connectivity index (χ1v) is 11.6. The van der Waals surface area contributed by atoms with Crippen molar-refractivity contribution in [3.63, 3.8) is 0 Å². The van der Waals surface area contributed by atoms with Gasteiger partial charge in [0, 0.05) is 30.6 Å². The van der Waals surface area contributed by atoms with Crippen LogP contribution in [0.1, 0.15) is 33.1 Å². The lowest BCUT2D eigenvalue weighted by Crippen LogP contribution is -2.59. The molecule has 0 unspecified atom stereocenters. The highest BCUT2D eigenvalue weighted by atomic mass is 35.5. The first kappa shape index (κ1) is 23.4. The molecule has 4 rings (SSSR count). The number of nitrogens with zero attached hydrogens (tertiary/aromatic N) is 2. The number of halogens is 1. The molecule has 7 nitrogen and oxygen atoms in total. The van der Waals surface area contributed by atoms with E-state index in [0.29, 0.717) is 41.3 Å². The van der Waals surface area contributed by atoms with Gasteiger partial charge in [0.1, 0.15) is 17.5 Å². The summed E-state index contributed by atoms with van der Waals surface area (Å²) >= 11 is 5.97. The number of aromatic nitrogens is 1. The molecule has 8 heteroatoms. The number of ether oxygens (including phenoxy) is 1. The highest BCUT2D eigenvalue weighted by molar-refractivity contribution is 6.31. The number of fused-ring (bicyclic) bond motifs is 1. The third-order valence-electron chi connectivity index (χ3n) is 6.12. The summed E-state index contributed by atoms with van der Waals surface area (Å²) < 4.78 is 12.9. The van der Waals surface area contributed by atoms with Crippen molar-refractivity contribution in [1.29, 1.82) is 0 Å². The van der Waals surface area contributed by atoms with E-state index < -0.39 is 17.5 Å². The van der Waals surface area contributed by atoms with Gasteiger partial charge in [-0.1, -0.05) is 43.6 Å². The summed E-state index contributed by atoms with van der Waals surface area (Å²) in [6.45, 7) is 5.05. The van der Waals surface area contributed by atoms with Gasteiger partial charge < -0.3 is 19.2 Å². The van der Waals surface area contributed by atoms with Crippen LogP contribution in [0.2, 0.25) is 5.02 Å². The number of para-hydroxylation sites is 1. The van der Waals surface area contributed by atoms with E-state index in [-0.39, 0.29) is 31.3 Å². The standard InChI is InChI=1S/C25H29ClN2O5/c1-17(2)15-25(31)11-13-27(16-22(25)32-19-6-4-3-5-7-19)23(29)10-12-28-20-9-8-18(26)14-21(20)33-24(28)30/h3-9,14,17,22,31H,10-13,15-16H2,1-2H3/t22-,25+/m0/s1. The number of rotatable bonds is 7. The molecule has 3 aromatic rings. The molecule has 1 aliphatic heterocycles. The minimum Gasteiger partial charge on any atom is -0.486 e. The van der Waals surface area contributed by atoms with Gasteiger partial charge in [0.15, 0.2) is 5.58 Å². The number of aliphatic hydroxyl groups is 1. The van der Waals surface area contributed by atoms with Gasteiger partial charge in [-0.2, -0.15) is 0 Å².